The Morgan fingerprint density at radius 2 is 1.59 bits per heavy atom. The Morgan fingerprint density at radius 3 is 2.10 bits per heavy atom. The van der Waals surface area contributed by atoms with Crippen LogP contribution in [0.1, 0.15) is 37.6 Å². The monoisotopic (exact) mass is 409 g/mol. The lowest BCUT2D eigenvalue weighted by atomic mass is 10.1. The Balaban J connectivity index is 2.65. The summed E-state index contributed by atoms with van der Waals surface area (Å²) in [5.41, 5.74) is 0.0727. The molecule has 0 bridgehead atoms. The summed E-state index contributed by atoms with van der Waals surface area (Å²) in [7, 11) is 2.44. The first-order valence-corrected chi connectivity index (χ1v) is 8.86. The molecule has 10 nitrogen and oxygen atoms in total. The van der Waals surface area contributed by atoms with E-state index in [0.29, 0.717) is 5.69 Å². The summed E-state index contributed by atoms with van der Waals surface area (Å²) in [6, 6.07) is 5.03. The van der Waals surface area contributed by atoms with Crippen LogP contribution < -0.4 is 16.0 Å². The number of hydrogen-bond donors (Lipinski definition) is 3. The van der Waals surface area contributed by atoms with Crippen molar-refractivity contribution >= 4 is 29.8 Å². The number of nitrogens with one attached hydrogen (secondary N) is 3. The minimum atomic E-state index is -0.963. The van der Waals surface area contributed by atoms with Crippen LogP contribution in [0.4, 0.5) is 15.3 Å². The number of rotatable bonds is 7. The average molecular weight is 409 g/mol. The molecule has 1 unspecified atom stereocenters. The van der Waals surface area contributed by atoms with Crippen molar-refractivity contribution in [2.75, 3.05) is 26.1 Å². The largest absolute Gasteiger partial charge is 0.467 e. The van der Waals surface area contributed by atoms with E-state index in [1.165, 1.54) is 38.5 Å². The van der Waals surface area contributed by atoms with E-state index in [1.54, 1.807) is 20.8 Å². The molecule has 1 aromatic rings. The minimum Gasteiger partial charge on any atom is -0.467 e. The van der Waals surface area contributed by atoms with Crippen LogP contribution in [-0.2, 0) is 19.0 Å². The molecular weight excluding hydrogens is 382 g/mol. The number of ether oxygens (including phenoxy) is 3. The van der Waals surface area contributed by atoms with E-state index in [1.807, 2.05) is 0 Å². The molecule has 0 aromatic heterocycles. The molecule has 0 saturated heterocycles. The zero-order chi connectivity index (χ0) is 22.0. The van der Waals surface area contributed by atoms with Gasteiger partial charge in [0.15, 0.2) is 0 Å². The number of hydrogen-bond acceptors (Lipinski definition) is 7. The molecule has 160 valence electrons. The zero-order valence-electron chi connectivity index (χ0n) is 17.2. The highest BCUT2D eigenvalue weighted by Crippen LogP contribution is 2.11. The Kier molecular flexibility index (Phi) is 8.91. The third-order valence-electron chi connectivity index (χ3n) is 3.47. The number of esters is 1. The normalized spacial score (nSPS) is 11.6. The third-order valence-corrected chi connectivity index (χ3v) is 3.47. The van der Waals surface area contributed by atoms with Gasteiger partial charge in [-0.25, -0.2) is 14.4 Å². The van der Waals surface area contributed by atoms with Crippen molar-refractivity contribution in [1.82, 2.24) is 10.6 Å². The van der Waals surface area contributed by atoms with Crippen molar-refractivity contribution < 1.29 is 33.4 Å². The molecule has 0 aliphatic rings. The highest BCUT2D eigenvalue weighted by atomic mass is 16.6. The van der Waals surface area contributed by atoms with E-state index in [2.05, 4.69) is 20.7 Å². The molecule has 29 heavy (non-hydrogen) atoms. The van der Waals surface area contributed by atoms with Gasteiger partial charge >= 0.3 is 18.2 Å². The molecule has 1 atom stereocenters. The Bertz CT molecular complexity index is 726. The summed E-state index contributed by atoms with van der Waals surface area (Å²) in [4.78, 5) is 47.2. The van der Waals surface area contributed by atoms with Crippen molar-refractivity contribution in [3.8, 4) is 0 Å². The van der Waals surface area contributed by atoms with Gasteiger partial charge in [-0.05, 0) is 51.5 Å². The van der Waals surface area contributed by atoms with E-state index in [0.717, 1.165) is 0 Å². The van der Waals surface area contributed by atoms with Crippen LogP contribution in [-0.4, -0.2) is 56.5 Å². The quantitative estimate of drug-likeness (QED) is 0.464. The second-order valence-corrected chi connectivity index (χ2v) is 6.96. The second kappa shape index (κ2) is 10.9. The molecule has 0 aliphatic heterocycles. The fraction of sp³-hybridized carbons (Fsp3) is 0.474. The van der Waals surface area contributed by atoms with E-state index in [9.17, 15) is 19.2 Å². The van der Waals surface area contributed by atoms with Crippen LogP contribution in [0, 0.1) is 0 Å². The van der Waals surface area contributed by atoms with Crippen LogP contribution in [0.25, 0.3) is 0 Å². The summed E-state index contributed by atoms with van der Waals surface area (Å²) >= 11 is 0. The molecule has 0 heterocycles. The SMILES string of the molecule is COC(=O)Nc1ccc(C(=O)NC(CCNC(=O)OC(C)(C)C)C(=O)OC)cc1. The molecule has 3 amide bonds. The molecule has 1 rings (SSSR count). The summed E-state index contributed by atoms with van der Waals surface area (Å²) in [5.74, 6) is -1.16. The van der Waals surface area contributed by atoms with Gasteiger partial charge < -0.3 is 24.8 Å². The number of amides is 3. The van der Waals surface area contributed by atoms with Crippen LogP contribution in [0.5, 0.6) is 0 Å². The summed E-state index contributed by atoms with van der Waals surface area (Å²) in [6.07, 6.45) is -1.15. The maximum Gasteiger partial charge on any atom is 0.411 e. The molecule has 3 N–H and O–H groups in total. The average Bonchev–Trinajstić information content (AvgIpc) is 2.65. The Labute approximate surface area is 169 Å². The van der Waals surface area contributed by atoms with Crippen LogP contribution in [0.2, 0.25) is 0 Å². The van der Waals surface area contributed by atoms with Gasteiger partial charge in [0, 0.05) is 17.8 Å². The van der Waals surface area contributed by atoms with Gasteiger partial charge in [0.2, 0.25) is 0 Å². The minimum absolute atomic E-state index is 0.0942. The number of alkyl carbamates (subject to hydrolysis) is 1. The van der Waals surface area contributed by atoms with Gasteiger partial charge in [0.05, 0.1) is 14.2 Å². The van der Waals surface area contributed by atoms with Gasteiger partial charge in [-0.3, -0.25) is 10.1 Å². The molecule has 1 aromatic carbocycles. The topological polar surface area (TPSA) is 132 Å². The van der Waals surface area contributed by atoms with Crippen LogP contribution in [0.15, 0.2) is 24.3 Å². The van der Waals surface area contributed by atoms with Crippen molar-refractivity contribution in [3.05, 3.63) is 29.8 Å². The molecule has 0 spiro atoms. The van der Waals surface area contributed by atoms with E-state index >= 15 is 0 Å². The summed E-state index contributed by atoms with van der Waals surface area (Å²) in [5, 5.41) is 7.54. The molecule has 0 saturated carbocycles. The van der Waals surface area contributed by atoms with Crippen LogP contribution >= 0.6 is 0 Å². The highest BCUT2D eigenvalue weighted by Gasteiger charge is 2.23. The van der Waals surface area contributed by atoms with E-state index in [4.69, 9.17) is 9.47 Å². The lowest BCUT2D eigenvalue weighted by Crippen LogP contribution is -2.44. The molecule has 10 heteroatoms. The van der Waals surface area contributed by atoms with Gasteiger partial charge in [-0.1, -0.05) is 0 Å². The molecule has 0 radical (unpaired) electrons. The van der Waals surface area contributed by atoms with Crippen molar-refractivity contribution in [1.29, 1.82) is 0 Å². The lowest BCUT2D eigenvalue weighted by Gasteiger charge is -2.21. The number of carbonyl (C=O) groups is 4. The fourth-order valence-electron chi connectivity index (χ4n) is 2.14. The predicted molar refractivity (Wildman–Crippen MR) is 105 cm³/mol. The van der Waals surface area contributed by atoms with Gasteiger partial charge in [0.25, 0.3) is 5.91 Å². The van der Waals surface area contributed by atoms with Gasteiger partial charge in [0.1, 0.15) is 11.6 Å². The number of anilines is 1. The van der Waals surface area contributed by atoms with Gasteiger partial charge in [-0.15, -0.1) is 0 Å². The van der Waals surface area contributed by atoms with Crippen molar-refractivity contribution in [2.45, 2.75) is 38.8 Å². The fourth-order valence-corrected chi connectivity index (χ4v) is 2.14. The first-order chi connectivity index (χ1) is 13.6. The van der Waals surface area contributed by atoms with Crippen LogP contribution in [0.3, 0.4) is 0 Å². The maximum atomic E-state index is 12.4. The number of methoxy groups -OCH3 is 2. The molecule has 0 fully saturated rings. The molecule has 0 aliphatic carbocycles. The maximum absolute atomic E-state index is 12.4. The third kappa shape index (κ3) is 8.96. The first-order valence-electron chi connectivity index (χ1n) is 8.86. The first kappa shape index (κ1) is 23.7. The van der Waals surface area contributed by atoms with Gasteiger partial charge in [-0.2, -0.15) is 0 Å². The Hall–Kier alpha value is -3.30. The second-order valence-electron chi connectivity index (χ2n) is 6.96. The smallest absolute Gasteiger partial charge is 0.411 e. The van der Waals surface area contributed by atoms with Crippen molar-refractivity contribution in [3.63, 3.8) is 0 Å². The molecular formula is C19H27N3O7. The van der Waals surface area contributed by atoms with E-state index in [-0.39, 0.29) is 18.5 Å². The standard InChI is InChI=1S/C19H27N3O7/c1-19(2,3)29-17(25)20-11-10-14(16(24)27-4)22-15(23)12-6-8-13(9-7-12)21-18(26)28-5/h6-9,14H,10-11H2,1-5H3,(H,20,25)(H,21,26)(H,22,23). The van der Waals surface area contributed by atoms with Crippen molar-refractivity contribution in [2.24, 2.45) is 0 Å². The lowest BCUT2D eigenvalue weighted by molar-refractivity contribution is -0.143. The van der Waals surface area contributed by atoms with E-state index < -0.39 is 35.7 Å². The number of carbonyl (C=O) groups excluding carboxylic acids is 4. The zero-order valence-corrected chi connectivity index (χ0v) is 17.2. The Morgan fingerprint density at radius 1 is 0.966 bits per heavy atom. The highest BCUT2D eigenvalue weighted by molar-refractivity contribution is 5.97. The summed E-state index contributed by atoms with van der Waals surface area (Å²) < 4.78 is 14.3. The predicted octanol–water partition coefficient (Wildman–Crippen LogP) is 2.05. The number of benzene rings is 1. The summed E-state index contributed by atoms with van der Waals surface area (Å²) in [6.45, 7) is 5.29.